The Balaban J connectivity index is 1.32. The number of aryl methyl sites for hydroxylation is 1. The highest BCUT2D eigenvalue weighted by molar-refractivity contribution is 5.93. The number of hydrogen-bond donors (Lipinski definition) is 1. The van der Waals surface area contributed by atoms with E-state index in [-0.39, 0.29) is 5.91 Å². The molecule has 0 aliphatic carbocycles. The zero-order chi connectivity index (χ0) is 23.5. The number of hydrogen-bond acceptors (Lipinski definition) is 6. The van der Waals surface area contributed by atoms with Crippen molar-refractivity contribution in [3.8, 4) is 11.1 Å². The molecular weight excluding hydrogens is 426 g/mol. The van der Waals surface area contributed by atoms with Crippen molar-refractivity contribution in [3.05, 3.63) is 36.2 Å². The van der Waals surface area contributed by atoms with E-state index in [1.54, 1.807) is 0 Å². The Hall–Kier alpha value is -2.84. The fourth-order valence-electron chi connectivity index (χ4n) is 5.10. The zero-order valence-electron chi connectivity index (χ0n) is 20.3. The lowest BCUT2D eigenvalue weighted by Gasteiger charge is -2.29. The molecule has 1 amide bonds. The molecule has 2 fully saturated rings. The fourth-order valence-corrected chi connectivity index (χ4v) is 5.10. The van der Waals surface area contributed by atoms with Crippen LogP contribution in [0.5, 0.6) is 0 Å². The van der Waals surface area contributed by atoms with Gasteiger partial charge < -0.3 is 5.32 Å². The van der Waals surface area contributed by atoms with Crippen LogP contribution >= 0.6 is 0 Å². The van der Waals surface area contributed by atoms with E-state index in [1.165, 1.54) is 25.0 Å². The second-order valence-electron chi connectivity index (χ2n) is 9.98. The molecule has 0 bridgehead atoms. The lowest BCUT2D eigenvalue weighted by atomic mass is 9.99. The number of rotatable bonds is 6. The van der Waals surface area contributed by atoms with Crippen LogP contribution in [-0.4, -0.2) is 68.4 Å². The number of aromatic nitrogens is 4. The van der Waals surface area contributed by atoms with Gasteiger partial charge in [0.25, 0.3) is 0 Å². The Morgan fingerprint density at radius 3 is 2.62 bits per heavy atom. The van der Waals surface area contributed by atoms with Gasteiger partial charge in [-0.25, -0.2) is 0 Å². The summed E-state index contributed by atoms with van der Waals surface area (Å²) >= 11 is 0. The summed E-state index contributed by atoms with van der Waals surface area (Å²) in [4.78, 5) is 17.3. The number of benzene rings is 1. The van der Waals surface area contributed by atoms with Crippen molar-refractivity contribution in [1.29, 1.82) is 0 Å². The van der Waals surface area contributed by atoms with Gasteiger partial charge in [0.2, 0.25) is 5.91 Å². The molecule has 0 atom stereocenters. The van der Waals surface area contributed by atoms with E-state index in [4.69, 9.17) is 0 Å². The van der Waals surface area contributed by atoms with Crippen LogP contribution < -0.4 is 5.32 Å². The molecule has 34 heavy (non-hydrogen) atoms. The van der Waals surface area contributed by atoms with Crippen LogP contribution in [0.3, 0.4) is 0 Å². The second-order valence-corrected chi connectivity index (χ2v) is 9.98. The van der Waals surface area contributed by atoms with E-state index in [0.717, 1.165) is 73.5 Å². The number of anilines is 1. The predicted molar refractivity (Wildman–Crippen MR) is 134 cm³/mol. The van der Waals surface area contributed by atoms with Gasteiger partial charge in [0.1, 0.15) is 0 Å². The molecule has 0 radical (unpaired) electrons. The first-order chi connectivity index (χ1) is 16.5. The highest BCUT2D eigenvalue weighted by Gasteiger charge is 2.19. The smallest absolute Gasteiger partial charge is 0.239 e. The third-order valence-electron chi connectivity index (χ3n) is 7.29. The summed E-state index contributed by atoms with van der Waals surface area (Å²) in [5.74, 6) is 1.22. The van der Waals surface area contributed by atoms with E-state index in [9.17, 15) is 4.79 Å². The number of carbonyl (C=O) groups is 1. The molecule has 3 aromatic rings. The van der Waals surface area contributed by atoms with Crippen LogP contribution in [0.2, 0.25) is 0 Å². The van der Waals surface area contributed by atoms with Gasteiger partial charge in [0, 0.05) is 24.5 Å². The van der Waals surface area contributed by atoms with Gasteiger partial charge in [-0.1, -0.05) is 19.4 Å². The largest absolute Gasteiger partial charge is 0.308 e. The minimum absolute atomic E-state index is 0.0320. The third-order valence-corrected chi connectivity index (χ3v) is 7.29. The summed E-state index contributed by atoms with van der Waals surface area (Å²) < 4.78 is 1.99. The van der Waals surface area contributed by atoms with E-state index in [2.05, 4.69) is 49.5 Å². The van der Waals surface area contributed by atoms with Gasteiger partial charge in [0.15, 0.2) is 5.82 Å². The number of amides is 1. The molecule has 180 valence electrons. The summed E-state index contributed by atoms with van der Waals surface area (Å²) in [5, 5.41) is 17.0. The van der Waals surface area contributed by atoms with E-state index in [0.29, 0.717) is 12.4 Å². The summed E-state index contributed by atoms with van der Waals surface area (Å²) in [6, 6.07) is 8.13. The molecule has 2 aliphatic rings. The first-order valence-corrected chi connectivity index (χ1v) is 12.6. The number of nitrogens with one attached hydrogen (secondary N) is 1. The summed E-state index contributed by atoms with van der Waals surface area (Å²) in [6.45, 7) is 7.85. The van der Waals surface area contributed by atoms with Gasteiger partial charge in [0.05, 0.1) is 24.0 Å². The van der Waals surface area contributed by atoms with Gasteiger partial charge in [-0.15, -0.1) is 10.2 Å². The maximum Gasteiger partial charge on any atom is 0.239 e. The Kier molecular flexibility index (Phi) is 6.87. The fraction of sp³-hybridized carbons (Fsp3) is 0.538. The molecule has 1 aromatic carbocycles. The third kappa shape index (κ3) is 5.28. The monoisotopic (exact) mass is 461 g/mol. The topological polar surface area (TPSA) is 79.2 Å². The number of piperidine rings is 2. The minimum atomic E-state index is -0.0320. The Morgan fingerprint density at radius 2 is 1.82 bits per heavy atom. The first-order valence-electron chi connectivity index (χ1n) is 12.6. The van der Waals surface area contributed by atoms with Crippen molar-refractivity contribution in [2.24, 2.45) is 13.0 Å². The van der Waals surface area contributed by atoms with Crippen LogP contribution in [0.25, 0.3) is 22.0 Å². The van der Waals surface area contributed by atoms with Crippen molar-refractivity contribution < 1.29 is 4.79 Å². The number of carbonyl (C=O) groups excluding carboxylic acids is 1. The lowest BCUT2D eigenvalue weighted by Crippen LogP contribution is -2.38. The van der Waals surface area contributed by atoms with Crippen molar-refractivity contribution >= 4 is 22.6 Å². The highest BCUT2D eigenvalue weighted by atomic mass is 16.2. The summed E-state index contributed by atoms with van der Waals surface area (Å²) in [7, 11) is 2.02. The van der Waals surface area contributed by atoms with Crippen molar-refractivity contribution in [3.63, 3.8) is 0 Å². The van der Waals surface area contributed by atoms with Crippen LogP contribution in [0.4, 0.5) is 5.82 Å². The van der Waals surface area contributed by atoms with Crippen LogP contribution in [-0.2, 0) is 18.4 Å². The number of fused-ring (bicyclic) bond motifs is 1. The van der Waals surface area contributed by atoms with E-state index >= 15 is 0 Å². The van der Waals surface area contributed by atoms with Gasteiger partial charge in [-0.3, -0.25) is 19.3 Å². The Labute approximate surface area is 201 Å². The van der Waals surface area contributed by atoms with Crippen LogP contribution in [0, 0.1) is 5.92 Å². The maximum atomic E-state index is 12.6. The highest BCUT2D eigenvalue weighted by Crippen LogP contribution is 2.28. The average Bonchev–Trinajstić information content (AvgIpc) is 3.20. The minimum Gasteiger partial charge on any atom is -0.308 e. The lowest BCUT2D eigenvalue weighted by molar-refractivity contribution is -0.117. The molecule has 0 spiro atoms. The normalized spacial score (nSPS) is 18.4. The quantitative estimate of drug-likeness (QED) is 0.603. The Bertz CT molecular complexity index is 1140. The predicted octanol–water partition coefficient (Wildman–Crippen LogP) is 3.69. The van der Waals surface area contributed by atoms with Gasteiger partial charge >= 0.3 is 0 Å². The molecule has 8 nitrogen and oxygen atoms in total. The molecule has 2 aliphatic heterocycles. The Morgan fingerprint density at radius 1 is 1.03 bits per heavy atom. The maximum absolute atomic E-state index is 12.6. The molecule has 5 rings (SSSR count). The molecule has 8 heteroatoms. The van der Waals surface area contributed by atoms with Crippen molar-refractivity contribution in [2.45, 2.75) is 45.6 Å². The second kappa shape index (κ2) is 10.2. The standard InChI is InChI=1S/C26H35N7O/c1-19-8-12-33(13-9-19)18-26(34)28-25-15-21-14-20(6-7-23(21)29-30-25)22-16-27-31(2)24(22)17-32-10-4-3-5-11-32/h6-7,14-16,19H,3-5,8-13,17-18H2,1-2H3,(H,28,30,34). The van der Waals surface area contributed by atoms with E-state index in [1.807, 2.05) is 30.1 Å². The number of nitrogens with zero attached hydrogens (tertiary/aromatic N) is 6. The molecule has 2 saturated heterocycles. The molecule has 4 heterocycles. The molecule has 1 N–H and O–H groups in total. The van der Waals surface area contributed by atoms with Gasteiger partial charge in [-0.05, 0) is 81.5 Å². The molecule has 0 saturated carbocycles. The van der Waals surface area contributed by atoms with Gasteiger partial charge in [-0.2, -0.15) is 5.10 Å². The molecule has 0 unspecified atom stereocenters. The van der Waals surface area contributed by atoms with Crippen LogP contribution in [0.15, 0.2) is 30.5 Å². The first kappa shape index (κ1) is 22.9. The average molecular weight is 462 g/mol. The van der Waals surface area contributed by atoms with Crippen molar-refractivity contribution in [2.75, 3.05) is 38.0 Å². The number of likely N-dealkylation sites (tertiary alicyclic amines) is 2. The summed E-state index contributed by atoms with van der Waals surface area (Å²) in [5.41, 5.74) is 4.30. The van der Waals surface area contributed by atoms with Crippen LogP contribution in [0.1, 0.15) is 44.7 Å². The van der Waals surface area contributed by atoms with Crippen molar-refractivity contribution in [1.82, 2.24) is 29.8 Å². The molecule has 2 aromatic heterocycles. The summed E-state index contributed by atoms with van der Waals surface area (Å²) in [6.07, 6.45) is 8.13. The SMILES string of the molecule is CC1CCN(CC(=O)Nc2cc3cc(-c4cnn(C)c4CN4CCCCC4)ccc3nn2)CC1. The zero-order valence-corrected chi connectivity index (χ0v) is 20.3. The molecular formula is C26H35N7O. The van der Waals surface area contributed by atoms with E-state index < -0.39 is 0 Å².